The molecule has 2 atom stereocenters. The number of benzene rings is 3. The molecule has 0 aromatic heterocycles. The zero-order valence-electron chi connectivity index (χ0n) is 20.4. The summed E-state index contributed by atoms with van der Waals surface area (Å²) in [5.41, 5.74) is 1.90. The Bertz CT molecular complexity index is 1210. The molecule has 0 spiro atoms. The van der Waals surface area contributed by atoms with Crippen molar-refractivity contribution in [1.82, 2.24) is 4.90 Å². The lowest BCUT2D eigenvalue weighted by molar-refractivity contribution is -0.384. The van der Waals surface area contributed by atoms with E-state index in [0.29, 0.717) is 36.0 Å². The van der Waals surface area contributed by atoms with E-state index in [1.807, 2.05) is 42.5 Å². The number of nitro benzene ring substituents is 1. The summed E-state index contributed by atoms with van der Waals surface area (Å²) in [5.74, 6) is 2.08. The van der Waals surface area contributed by atoms with Gasteiger partial charge in [0, 0.05) is 18.7 Å². The number of hydrogen-bond acceptors (Lipinski definition) is 7. The van der Waals surface area contributed by atoms with Crippen LogP contribution in [-0.4, -0.2) is 49.2 Å². The minimum absolute atomic E-state index is 0.0223. The molecular weight excluding hydrogens is 464 g/mol. The normalized spacial score (nSPS) is 15.4. The van der Waals surface area contributed by atoms with Gasteiger partial charge in [0.05, 0.1) is 25.2 Å². The molecule has 1 aliphatic heterocycles. The van der Waals surface area contributed by atoms with Crippen molar-refractivity contribution in [3.05, 3.63) is 88.0 Å². The van der Waals surface area contributed by atoms with E-state index in [0.717, 1.165) is 11.1 Å². The fraction of sp³-hybridized carbons (Fsp3) is 0.296. The lowest BCUT2D eigenvalue weighted by Gasteiger charge is -2.38. The average Bonchev–Trinajstić information content (AvgIpc) is 2.91. The number of carbonyl (C=O) groups is 1. The second-order valence-corrected chi connectivity index (χ2v) is 8.34. The van der Waals surface area contributed by atoms with E-state index in [-0.39, 0.29) is 18.2 Å². The topological polar surface area (TPSA) is 100 Å². The van der Waals surface area contributed by atoms with E-state index in [1.54, 1.807) is 38.2 Å². The number of para-hydroxylation sites is 1. The van der Waals surface area contributed by atoms with Crippen molar-refractivity contribution >= 4 is 11.6 Å². The Labute approximate surface area is 209 Å². The van der Waals surface area contributed by atoms with Gasteiger partial charge in [0.2, 0.25) is 0 Å². The molecule has 4 rings (SSSR count). The molecule has 1 heterocycles. The average molecular weight is 493 g/mol. The predicted molar refractivity (Wildman–Crippen MR) is 133 cm³/mol. The van der Waals surface area contributed by atoms with Crippen molar-refractivity contribution in [2.24, 2.45) is 0 Å². The van der Waals surface area contributed by atoms with Gasteiger partial charge in [-0.25, -0.2) is 0 Å². The maximum absolute atomic E-state index is 13.5. The minimum atomic E-state index is -0.712. The molecule has 0 aliphatic carbocycles. The van der Waals surface area contributed by atoms with Gasteiger partial charge in [-0.1, -0.05) is 18.2 Å². The van der Waals surface area contributed by atoms with Crippen LogP contribution in [0.4, 0.5) is 5.69 Å². The van der Waals surface area contributed by atoms with Crippen LogP contribution in [0.3, 0.4) is 0 Å². The SMILES string of the molecule is COc1cc2c(cc1OC)C(COc1ccc([N+](=O)[O-])cc1)N(C(=O)C(C)Oc1ccccc1)CC2. The first kappa shape index (κ1) is 24.8. The number of non-ortho nitro benzene ring substituents is 1. The monoisotopic (exact) mass is 492 g/mol. The Kier molecular flexibility index (Phi) is 7.58. The van der Waals surface area contributed by atoms with Crippen molar-refractivity contribution < 1.29 is 28.7 Å². The third-order valence-corrected chi connectivity index (χ3v) is 6.14. The van der Waals surface area contributed by atoms with Crippen LogP contribution < -0.4 is 18.9 Å². The molecule has 1 amide bonds. The molecule has 3 aromatic carbocycles. The Balaban J connectivity index is 1.62. The van der Waals surface area contributed by atoms with Crippen molar-refractivity contribution in [2.45, 2.75) is 25.5 Å². The highest BCUT2D eigenvalue weighted by Crippen LogP contribution is 2.39. The van der Waals surface area contributed by atoms with E-state index >= 15 is 0 Å². The molecule has 0 saturated carbocycles. The second kappa shape index (κ2) is 11.0. The van der Waals surface area contributed by atoms with Gasteiger partial charge in [-0.2, -0.15) is 0 Å². The number of amides is 1. The van der Waals surface area contributed by atoms with Crippen LogP contribution in [0.5, 0.6) is 23.0 Å². The molecule has 0 bridgehead atoms. The Morgan fingerprint density at radius 1 is 1.03 bits per heavy atom. The molecule has 9 heteroatoms. The highest BCUT2D eigenvalue weighted by Gasteiger charge is 2.35. The summed E-state index contributed by atoms with van der Waals surface area (Å²) in [5, 5.41) is 11.0. The van der Waals surface area contributed by atoms with E-state index in [2.05, 4.69) is 0 Å². The predicted octanol–water partition coefficient (Wildman–Crippen LogP) is 4.58. The summed E-state index contributed by atoms with van der Waals surface area (Å²) in [7, 11) is 3.15. The Hall–Kier alpha value is -4.27. The van der Waals surface area contributed by atoms with E-state index in [1.165, 1.54) is 12.1 Å². The summed E-state index contributed by atoms with van der Waals surface area (Å²) in [6.45, 7) is 2.34. The number of nitrogens with zero attached hydrogens (tertiary/aromatic N) is 2. The van der Waals surface area contributed by atoms with Crippen LogP contribution in [0.2, 0.25) is 0 Å². The summed E-state index contributed by atoms with van der Waals surface area (Å²) in [4.78, 5) is 25.8. The lowest BCUT2D eigenvalue weighted by Crippen LogP contribution is -2.47. The number of hydrogen-bond donors (Lipinski definition) is 0. The van der Waals surface area contributed by atoms with Crippen LogP contribution in [0.1, 0.15) is 24.1 Å². The minimum Gasteiger partial charge on any atom is -0.493 e. The maximum Gasteiger partial charge on any atom is 0.269 e. The van der Waals surface area contributed by atoms with Crippen molar-refractivity contribution in [2.75, 3.05) is 27.4 Å². The van der Waals surface area contributed by atoms with Crippen molar-refractivity contribution in [3.8, 4) is 23.0 Å². The smallest absolute Gasteiger partial charge is 0.269 e. The molecule has 36 heavy (non-hydrogen) atoms. The largest absolute Gasteiger partial charge is 0.493 e. The number of fused-ring (bicyclic) bond motifs is 1. The van der Waals surface area contributed by atoms with E-state index in [4.69, 9.17) is 18.9 Å². The standard InChI is InChI=1S/C27H28N2O7/c1-18(36-22-7-5-4-6-8-22)27(30)28-14-13-19-15-25(33-2)26(34-3)16-23(19)24(28)17-35-21-11-9-20(10-12-21)29(31)32/h4-12,15-16,18,24H,13-14,17H2,1-3H3. The fourth-order valence-corrected chi connectivity index (χ4v) is 4.30. The van der Waals surface area contributed by atoms with Gasteiger partial charge in [0.1, 0.15) is 18.1 Å². The second-order valence-electron chi connectivity index (χ2n) is 8.34. The summed E-state index contributed by atoms with van der Waals surface area (Å²) < 4.78 is 22.9. The van der Waals surface area contributed by atoms with Gasteiger partial charge in [0.25, 0.3) is 11.6 Å². The first-order valence-corrected chi connectivity index (χ1v) is 11.6. The highest BCUT2D eigenvalue weighted by molar-refractivity contribution is 5.82. The van der Waals surface area contributed by atoms with Gasteiger partial charge in [-0.15, -0.1) is 0 Å². The summed E-state index contributed by atoms with van der Waals surface area (Å²) in [6.07, 6.45) is -0.0796. The maximum atomic E-state index is 13.5. The van der Waals surface area contributed by atoms with Gasteiger partial charge in [-0.05, 0) is 60.9 Å². The molecule has 0 N–H and O–H groups in total. The van der Waals surface area contributed by atoms with E-state index < -0.39 is 17.1 Å². The number of ether oxygens (including phenoxy) is 4. The fourth-order valence-electron chi connectivity index (χ4n) is 4.30. The van der Waals surface area contributed by atoms with Crippen LogP contribution in [0.25, 0.3) is 0 Å². The summed E-state index contributed by atoms with van der Waals surface area (Å²) >= 11 is 0. The molecule has 0 radical (unpaired) electrons. The Morgan fingerprint density at radius 3 is 2.33 bits per heavy atom. The highest BCUT2D eigenvalue weighted by atomic mass is 16.6. The van der Waals surface area contributed by atoms with Crippen molar-refractivity contribution in [1.29, 1.82) is 0 Å². The van der Waals surface area contributed by atoms with Crippen LogP contribution in [-0.2, 0) is 11.2 Å². The molecule has 1 aliphatic rings. The first-order valence-electron chi connectivity index (χ1n) is 11.6. The summed E-state index contributed by atoms with van der Waals surface area (Å²) in [6, 6.07) is 18.4. The van der Waals surface area contributed by atoms with Crippen molar-refractivity contribution in [3.63, 3.8) is 0 Å². The van der Waals surface area contributed by atoms with Gasteiger partial charge in [0.15, 0.2) is 17.6 Å². The lowest BCUT2D eigenvalue weighted by atomic mass is 9.91. The van der Waals surface area contributed by atoms with Gasteiger partial charge < -0.3 is 23.8 Å². The zero-order valence-corrected chi connectivity index (χ0v) is 20.4. The quantitative estimate of drug-likeness (QED) is 0.318. The Morgan fingerprint density at radius 2 is 1.69 bits per heavy atom. The number of carbonyl (C=O) groups excluding carboxylic acids is 1. The van der Waals surface area contributed by atoms with Gasteiger partial charge >= 0.3 is 0 Å². The molecule has 188 valence electrons. The third kappa shape index (κ3) is 5.35. The number of rotatable bonds is 9. The number of nitro groups is 1. The molecular formula is C27H28N2O7. The number of methoxy groups -OCH3 is 2. The molecule has 3 aromatic rings. The third-order valence-electron chi connectivity index (χ3n) is 6.14. The van der Waals surface area contributed by atoms with Crippen LogP contribution >= 0.6 is 0 Å². The van der Waals surface area contributed by atoms with Crippen LogP contribution in [0, 0.1) is 10.1 Å². The molecule has 9 nitrogen and oxygen atoms in total. The van der Waals surface area contributed by atoms with E-state index in [9.17, 15) is 14.9 Å². The zero-order chi connectivity index (χ0) is 25.7. The van der Waals surface area contributed by atoms with Crippen LogP contribution in [0.15, 0.2) is 66.7 Å². The molecule has 0 fully saturated rings. The van der Waals surface area contributed by atoms with Gasteiger partial charge in [-0.3, -0.25) is 14.9 Å². The first-order chi connectivity index (χ1) is 17.4. The molecule has 0 saturated heterocycles. The molecule has 2 unspecified atom stereocenters.